The van der Waals surface area contributed by atoms with E-state index in [2.05, 4.69) is 19.2 Å². The molecule has 1 atom stereocenters. The van der Waals surface area contributed by atoms with E-state index in [4.69, 9.17) is 5.11 Å². The molecule has 0 aromatic rings. The SMILES string of the molecule is CC[C@@H](C)CC(=O)NCCCO. The molecule has 0 radical (unpaired) electrons. The number of amides is 1. The maximum Gasteiger partial charge on any atom is 0.220 e. The Kier molecular flexibility index (Phi) is 6.76. The Morgan fingerprint density at radius 2 is 2.25 bits per heavy atom. The molecule has 0 aromatic heterocycles. The molecule has 0 bridgehead atoms. The molecular weight excluding hydrogens is 154 g/mol. The molecule has 0 saturated heterocycles. The molecule has 0 fully saturated rings. The van der Waals surface area contributed by atoms with E-state index in [-0.39, 0.29) is 12.5 Å². The lowest BCUT2D eigenvalue weighted by molar-refractivity contribution is -0.121. The second-order valence-corrected chi connectivity index (χ2v) is 3.14. The fourth-order valence-electron chi connectivity index (χ4n) is 0.840. The number of hydrogen-bond donors (Lipinski definition) is 2. The summed E-state index contributed by atoms with van der Waals surface area (Å²) < 4.78 is 0. The number of carbonyl (C=O) groups is 1. The van der Waals surface area contributed by atoms with Gasteiger partial charge in [-0.1, -0.05) is 20.3 Å². The first kappa shape index (κ1) is 11.4. The fraction of sp³-hybridized carbons (Fsp3) is 0.889. The maximum atomic E-state index is 11.1. The van der Waals surface area contributed by atoms with Gasteiger partial charge in [0, 0.05) is 19.6 Å². The van der Waals surface area contributed by atoms with Gasteiger partial charge in [-0.25, -0.2) is 0 Å². The monoisotopic (exact) mass is 173 g/mol. The van der Waals surface area contributed by atoms with Crippen molar-refractivity contribution >= 4 is 5.91 Å². The summed E-state index contributed by atoms with van der Waals surface area (Å²) in [4.78, 5) is 11.1. The molecule has 12 heavy (non-hydrogen) atoms. The van der Waals surface area contributed by atoms with Crippen molar-refractivity contribution in [2.24, 2.45) is 5.92 Å². The fourth-order valence-corrected chi connectivity index (χ4v) is 0.840. The van der Waals surface area contributed by atoms with Crippen LogP contribution in [0.25, 0.3) is 0 Å². The first-order valence-electron chi connectivity index (χ1n) is 4.58. The van der Waals surface area contributed by atoms with Crippen molar-refractivity contribution in [1.82, 2.24) is 5.32 Å². The molecule has 0 aliphatic carbocycles. The van der Waals surface area contributed by atoms with Gasteiger partial charge < -0.3 is 10.4 Å². The van der Waals surface area contributed by atoms with Crippen molar-refractivity contribution in [2.75, 3.05) is 13.2 Å². The van der Waals surface area contributed by atoms with Crippen molar-refractivity contribution in [3.05, 3.63) is 0 Å². The Labute approximate surface area is 74.2 Å². The van der Waals surface area contributed by atoms with Crippen LogP contribution in [-0.4, -0.2) is 24.2 Å². The number of nitrogens with one attached hydrogen (secondary N) is 1. The predicted octanol–water partition coefficient (Wildman–Crippen LogP) is 0.921. The molecule has 0 heterocycles. The molecular formula is C9H19NO2. The van der Waals surface area contributed by atoms with E-state index >= 15 is 0 Å². The zero-order valence-corrected chi connectivity index (χ0v) is 7.97. The van der Waals surface area contributed by atoms with Gasteiger partial charge in [-0.05, 0) is 12.3 Å². The van der Waals surface area contributed by atoms with Crippen LogP contribution in [0.4, 0.5) is 0 Å². The molecule has 72 valence electrons. The summed E-state index contributed by atoms with van der Waals surface area (Å²) in [5, 5.41) is 11.2. The van der Waals surface area contributed by atoms with Crippen LogP contribution in [0.15, 0.2) is 0 Å². The zero-order chi connectivity index (χ0) is 9.40. The minimum atomic E-state index is 0.0952. The summed E-state index contributed by atoms with van der Waals surface area (Å²) in [6.45, 7) is 4.87. The molecule has 3 nitrogen and oxygen atoms in total. The van der Waals surface area contributed by atoms with Gasteiger partial charge in [0.15, 0.2) is 0 Å². The molecule has 0 spiro atoms. The summed E-state index contributed by atoms with van der Waals surface area (Å²) in [7, 11) is 0. The van der Waals surface area contributed by atoms with E-state index in [1.165, 1.54) is 0 Å². The van der Waals surface area contributed by atoms with Gasteiger partial charge in [0.05, 0.1) is 0 Å². The quantitative estimate of drug-likeness (QED) is 0.587. The van der Waals surface area contributed by atoms with Crippen LogP contribution in [0.3, 0.4) is 0 Å². The lowest BCUT2D eigenvalue weighted by Gasteiger charge is -2.08. The van der Waals surface area contributed by atoms with Crippen LogP contribution < -0.4 is 5.32 Å². The summed E-state index contributed by atoms with van der Waals surface area (Å²) in [6.07, 6.45) is 2.28. The van der Waals surface area contributed by atoms with Gasteiger partial charge >= 0.3 is 0 Å². The van der Waals surface area contributed by atoms with E-state index in [1.54, 1.807) is 0 Å². The predicted molar refractivity (Wildman–Crippen MR) is 48.8 cm³/mol. The van der Waals surface area contributed by atoms with Crippen LogP contribution >= 0.6 is 0 Å². The van der Waals surface area contributed by atoms with E-state index in [9.17, 15) is 4.79 Å². The van der Waals surface area contributed by atoms with Gasteiger partial charge in [0.2, 0.25) is 5.91 Å². The highest BCUT2D eigenvalue weighted by molar-refractivity contribution is 5.76. The Hall–Kier alpha value is -0.570. The van der Waals surface area contributed by atoms with E-state index < -0.39 is 0 Å². The second-order valence-electron chi connectivity index (χ2n) is 3.14. The van der Waals surface area contributed by atoms with Crippen LogP contribution in [0.1, 0.15) is 33.1 Å². The van der Waals surface area contributed by atoms with E-state index in [0.717, 1.165) is 6.42 Å². The molecule has 0 aromatic carbocycles. The molecule has 0 rings (SSSR count). The minimum absolute atomic E-state index is 0.0952. The largest absolute Gasteiger partial charge is 0.396 e. The number of rotatable bonds is 6. The van der Waals surface area contributed by atoms with Crippen molar-refractivity contribution in [3.8, 4) is 0 Å². The first-order valence-corrected chi connectivity index (χ1v) is 4.58. The topological polar surface area (TPSA) is 49.3 Å². The Bertz CT molecular complexity index is 126. The highest BCUT2D eigenvalue weighted by Crippen LogP contribution is 2.05. The van der Waals surface area contributed by atoms with Gasteiger partial charge in [-0.2, -0.15) is 0 Å². The second kappa shape index (κ2) is 7.10. The van der Waals surface area contributed by atoms with Crippen LogP contribution in [0, 0.1) is 5.92 Å². The Morgan fingerprint density at radius 3 is 2.75 bits per heavy atom. The van der Waals surface area contributed by atoms with Gasteiger partial charge in [-0.15, -0.1) is 0 Å². The molecule has 0 saturated carbocycles. The molecule has 2 N–H and O–H groups in total. The maximum absolute atomic E-state index is 11.1. The molecule has 0 aliphatic rings. The molecule has 1 amide bonds. The zero-order valence-electron chi connectivity index (χ0n) is 7.97. The number of carbonyl (C=O) groups excluding carboxylic acids is 1. The van der Waals surface area contributed by atoms with E-state index in [0.29, 0.717) is 25.3 Å². The number of aliphatic hydroxyl groups excluding tert-OH is 1. The van der Waals surface area contributed by atoms with Crippen molar-refractivity contribution in [1.29, 1.82) is 0 Å². The van der Waals surface area contributed by atoms with Gasteiger partial charge in [0.1, 0.15) is 0 Å². The highest BCUT2D eigenvalue weighted by Gasteiger charge is 2.05. The standard InChI is InChI=1S/C9H19NO2/c1-3-8(2)7-9(12)10-5-4-6-11/h8,11H,3-7H2,1-2H3,(H,10,12)/t8-/m1/s1. The molecule has 0 aliphatic heterocycles. The minimum Gasteiger partial charge on any atom is -0.396 e. The molecule has 3 heteroatoms. The highest BCUT2D eigenvalue weighted by atomic mass is 16.3. The third kappa shape index (κ3) is 6.16. The summed E-state index contributed by atoms with van der Waals surface area (Å²) in [5.41, 5.74) is 0. The third-order valence-electron chi connectivity index (χ3n) is 1.89. The van der Waals surface area contributed by atoms with E-state index in [1.807, 2.05) is 0 Å². The van der Waals surface area contributed by atoms with Crippen molar-refractivity contribution < 1.29 is 9.90 Å². The Morgan fingerprint density at radius 1 is 1.58 bits per heavy atom. The van der Waals surface area contributed by atoms with Crippen molar-refractivity contribution in [3.63, 3.8) is 0 Å². The lowest BCUT2D eigenvalue weighted by Crippen LogP contribution is -2.26. The smallest absolute Gasteiger partial charge is 0.220 e. The average molecular weight is 173 g/mol. The normalized spacial score (nSPS) is 12.6. The third-order valence-corrected chi connectivity index (χ3v) is 1.89. The molecule has 0 unspecified atom stereocenters. The lowest BCUT2D eigenvalue weighted by atomic mass is 10.1. The van der Waals surface area contributed by atoms with Crippen molar-refractivity contribution in [2.45, 2.75) is 33.1 Å². The van der Waals surface area contributed by atoms with Crippen LogP contribution in [0.5, 0.6) is 0 Å². The number of hydrogen-bond acceptors (Lipinski definition) is 2. The summed E-state index contributed by atoms with van der Waals surface area (Å²) in [5.74, 6) is 0.553. The summed E-state index contributed by atoms with van der Waals surface area (Å²) >= 11 is 0. The van der Waals surface area contributed by atoms with Gasteiger partial charge in [0.25, 0.3) is 0 Å². The first-order chi connectivity index (χ1) is 5.70. The van der Waals surface area contributed by atoms with Crippen LogP contribution in [0.2, 0.25) is 0 Å². The number of aliphatic hydroxyl groups is 1. The van der Waals surface area contributed by atoms with Crippen LogP contribution in [-0.2, 0) is 4.79 Å². The average Bonchev–Trinajstić information content (AvgIpc) is 2.05. The van der Waals surface area contributed by atoms with Gasteiger partial charge in [-0.3, -0.25) is 4.79 Å². The Balaban J connectivity index is 3.33. The summed E-state index contributed by atoms with van der Waals surface area (Å²) in [6, 6.07) is 0.